The van der Waals surface area contributed by atoms with Gasteiger partial charge in [0.2, 0.25) is 0 Å². The highest BCUT2D eigenvalue weighted by Gasteiger charge is 2.11. The first-order valence-corrected chi connectivity index (χ1v) is 6.02. The van der Waals surface area contributed by atoms with Crippen molar-refractivity contribution in [3.8, 4) is 5.75 Å². The monoisotopic (exact) mass is 265 g/mol. The fraction of sp³-hybridized carbons (Fsp3) is 0.182. The zero-order chi connectivity index (χ0) is 13.0. The molecule has 0 atom stereocenters. The normalized spacial score (nSPS) is 10.1. The number of rotatable bonds is 5. The second-order valence-electron chi connectivity index (χ2n) is 3.46. The lowest BCUT2D eigenvalue weighted by Crippen LogP contribution is -2.00. The van der Waals surface area contributed by atoms with Crippen LogP contribution in [0.2, 0.25) is 0 Å². The van der Waals surface area contributed by atoms with Gasteiger partial charge in [-0.1, -0.05) is 0 Å². The summed E-state index contributed by atoms with van der Waals surface area (Å²) in [5.74, 6) is 0.453. The summed E-state index contributed by atoms with van der Waals surface area (Å²) in [6.45, 7) is 0.610. The summed E-state index contributed by atoms with van der Waals surface area (Å²) in [6, 6.07) is 4.48. The fourth-order valence-electron chi connectivity index (χ4n) is 1.45. The van der Waals surface area contributed by atoms with Crippen molar-refractivity contribution >= 4 is 22.7 Å². The minimum absolute atomic E-state index is 0.00944. The van der Waals surface area contributed by atoms with E-state index in [0.717, 1.165) is 10.6 Å². The van der Waals surface area contributed by atoms with E-state index < -0.39 is 4.92 Å². The van der Waals surface area contributed by atoms with Gasteiger partial charge in [-0.2, -0.15) is 0 Å². The van der Waals surface area contributed by atoms with Crippen molar-refractivity contribution in [2.45, 2.75) is 6.54 Å². The predicted molar refractivity (Wildman–Crippen MR) is 69.1 cm³/mol. The van der Waals surface area contributed by atoms with E-state index >= 15 is 0 Å². The van der Waals surface area contributed by atoms with Crippen molar-refractivity contribution in [3.63, 3.8) is 0 Å². The molecule has 7 heteroatoms. The van der Waals surface area contributed by atoms with Crippen LogP contribution in [-0.2, 0) is 6.54 Å². The summed E-state index contributed by atoms with van der Waals surface area (Å²) < 4.78 is 5.13. The van der Waals surface area contributed by atoms with E-state index in [1.807, 2.05) is 0 Å². The summed E-state index contributed by atoms with van der Waals surface area (Å²) in [6.07, 6.45) is 1.77. The largest absolute Gasteiger partial charge is 0.494 e. The van der Waals surface area contributed by atoms with Crippen molar-refractivity contribution in [2.75, 3.05) is 12.4 Å². The molecule has 1 aromatic heterocycles. The number of ether oxygens (including phenoxy) is 1. The van der Waals surface area contributed by atoms with E-state index in [0.29, 0.717) is 12.3 Å². The standard InChI is InChI=1S/C11H11N3O3S/c1-17-11-4-8(14(15)16)2-3-10(11)13-6-9-5-12-7-18-9/h2-5,7,13H,6H2,1H3. The Morgan fingerprint density at radius 1 is 1.56 bits per heavy atom. The summed E-state index contributed by atoms with van der Waals surface area (Å²) in [4.78, 5) is 15.3. The van der Waals surface area contributed by atoms with Gasteiger partial charge in [0.1, 0.15) is 5.75 Å². The molecule has 18 heavy (non-hydrogen) atoms. The maximum absolute atomic E-state index is 10.6. The first kappa shape index (κ1) is 12.3. The predicted octanol–water partition coefficient (Wildman–Crippen LogP) is 2.67. The molecule has 2 rings (SSSR count). The molecule has 6 nitrogen and oxygen atoms in total. The Bertz CT molecular complexity index is 542. The number of aromatic nitrogens is 1. The van der Waals surface area contributed by atoms with Crippen LogP contribution in [0.5, 0.6) is 5.75 Å². The van der Waals surface area contributed by atoms with Crippen LogP contribution in [0.25, 0.3) is 0 Å². The number of anilines is 1. The maximum Gasteiger partial charge on any atom is 0.273 e. The molecule has 0 unspecified atom stereocenters. The van der Waals surface area contributed by atoms with Gasteiger partial charge < -0.3 is 10.1 Å². The highest BCUT2D eigenvalue weighted by Crippen LogP contribution is 2.29. The molecule has 0 aliphatic rings. The Morgan fingerprint density at radius 2 is 2.39 bits per heavy atom. The van der Waals surface area contributed by atoms with Crippen LogP contribution in [-0.4, -0.2) is 17.0 Å². The number of nitro groups is 1. The van der Waals surface area contributed by atoms with Crippen LogP contribution in [0, 0.1) is 10.1 Å². The lowest BCUT2D eigenvalue weighted by Gasteiger charge is -2.09. The van der Waals surface area contributed by atoms with Gasteiger partial charge >= 0.3 is 0 Å². The first-order valence-electron chi connectivity index (χ1n) is 5.14. The van der Waals surface area contributed by atoms with Crippen molar-refractivity contribution in [2.24, 2.45) is 0 Å². The average molecular weight is 265 g/mol. The smallest absolute Gasteiger partial charge is 0.273 e. The van der Waals surface area contributed by atoms with E-state index in [1.54, 1.807) is 29.1 Å². The second kappa shape index (κ2) is 5.46. The van der Waals surface area contributed by atoms with Crippen LogP contribution < -0.4 is 10.1 Å². The lowest BCUT2D eigenvalue weighted by atomic mass is 10.2. The number of nitrogens with one attached hydrogen (secondary N) is 1. The molecular weight excluding hydrogens is 254 g/mol. The summed E-state index contributed by atoms with van der Waals surface area (Å²) in [5, 5.41) is 13.8. The van der Waals surface area contributed by atoms with Crippen LogP contribution in [0.1, 0.15) is 4.88 Å². The molecule has 0 spiro atoms. The van der Waals surface area contributed by atoms with Crippen molar-refractivity contribution in [3.05, 3.63) is 44.9 Å². The SMILES string of the molecule is COc1cc([N+](=O)[O-])ccc1NCc1cncs1. The molecule has 0 saturated carbocycles. The fourth-order valence-corrected chi connectivity index (χ4v) is 1.99. The summed E-state index contributed by atoms with van der Waals surface area (Å²) >= 11 is 1.54. The number of nitro benzene ring substituents is 1. The van der Waals surface area contributed by atoms with Crippen LogP contribution in [0.15, 0.2) is 29.9 Å². The van der Waals surface area contributed by atoms with Gasteiger partial charge in [-0.05, 0) is 6.07 Å². The Kier molecular flexibility index (Phi) is 3.73. The number of nitrogens with zero attached hydrogens (tertiary/aromatic N) is 2. The van der Waals surface area contributed by atoms with E-state index in [-0.39, 0.29) is 5.69 Å². The van der Waals surface area contributed by atoms with Crippen molar-refractivity contribution < 1.29 is 9.66 Å². The number of benzene rings is 1. The molecule has 1 heterocycles. The third kappa shape index (κ3) is 2.75. The van der Waals surface area contributed by atoms with Crippen LogP contribution in [0.3, 0.4) is 0 Å². The van der Waals surface area contributed by atoms with Crippen molar-refractivity contribution in [1.82, 2.24) is 4.98 Å². The van der Waals surface area contributed by atoms with Crippen LogP contribution >= 0.6 is 11.3 Å². The molecule has 1 aromatic carbocycles. The maximum atomic E-state index is 10.6. The first-order chi connectivity index (χ1) is 8.70. The van der Waals surface area contributed by atoms with Crippen LogP contribution in [0.4, 0.5) is 11.4 Å². The molecule has 1 N–H and O–H groups in total. The lowest BCUT2D eigenvalue weighted by molar-refractivity contribution is -0.384. The van der Waals surface area contributed by atoms with E-state index in [2.05, 4.69) is 10.3 Å². The molecule has 0 saturated heterocycles. The molecule has 94 valence electrons. The highest BCUT2D eigenvalue weighted by atomic mass is 32.1. The van der Waals surface area contributed by atoms with E-state index in [9.17, 15) is 10.1 Å². The third-order valence-electron chi connectivity index (χ3n) is 2.33. The third-order valence-corrected chi connectivity index (χ3v) is 3.11. The van der Waals surface area contributed by atoms with Gasteiger partial charge in [0.25, 0.3) is 5.69 Å². The Hall–Kier alpha value is -2.15. The van der Waals surface area contributed by atoms with Crippen molar-refractivity contribution in [1.29, 1.82) is 0 Å². The number of non-ortho nitro benzene ring substituents is 1. The Balaban J connectivity index is 2.14. The Labute approximate surface area is 107 Å². The Morgan fingerprint density at radius 3 is 3.00 bits per heavy atom. The molecule has 0 aliphatic heterocycles. The highest BCUT2D eigenvalue weighted by molar-refractivity contribution is 7.09. The zero-order valence-corrected chi connectivity index (χ0v) is 10.4. The van der Waals surface area contributed by atoms with Gasteiger partial charge in [-0.25, -0.2) is 0 Å². The van der Waals surface area contributed by atoms with Gasteiger partial charge in [-0.3, -0.25) is 15.1 Å². The molecule has 2 aromatic rings. The molecule has 0 aliphatic carbocycles. The minimum Gasteiger partial charge on any atom is -0.494 e. The number of hydrogen-bond acceptors (Lipinski definition) is 6. The molecule has 0 fully saturated rings. The second-order valence-corrected chi connectivity index (χ2v) is 4.43. The average Bonchev–Trinajstić information content (AvgIpc) is 2.89. The van der Waals surface area contributed by atoms with Gasteiger partial charge in [0.15, 0.2) is 0 Å². The molecule has 0 bridgehead atoms. The summed E-state index contributed by atoms with van der Waals surface area (Å²) in [7, 11) is 1.48. The van der Waals surface area contributed by atoms with E-state index in [1.165, 1.54) is 19.2 Å². The molecule has 0 amide bonds. The quantitative estimate of drug-likeness (QED) is 0.664. The minimum atomic E-state index is -0.449. The van der Waals surface area contributed by atoms with Gasteiger partial charge in [0.05, 0.1) is 35.8 Å². The molecular formula is C11H11N3O3S. The summed E-state index contributed by atoms with van der Waals surface area (Å²) in [5.41, 5.74) is 2.48. The van der Waals surface area contributed by atoms with E-state index in [4.69, 9.17) is 4.74 Å². The van der Waals surface area contributed by atoms with Gasteiger partial charge in [-0.15, -0.1) is 11.3 Å². The number of hydrogen-bond donors (Lipinski definition) is 1. The zero-order valence-electron chi connectivity index (χ0n) is 9.62. The number of thiazole rings is 1. The molecule has 0 radical (unpaired) electrons. The van der Waals surface area contributed by atoms with Gasteiger partial charge in [0, 0.05) is 17.1 Å². The topological polar surface area (TPSA) is 77.3 Å². The number of methoxy groups -OCH3 is 1.